The van der Waals surface area contributed by atoms with Gasteiger partial charge in [-0.1, -0.05) is 24.3 Å². The molecule has 5 nitrogen and oxygen atoms in total. The number of amides is 1. The van der Waals surface area contributed by atoms with E-state index >= 15 is 0 Å². The van der Waals surface area contributed by atoms with E-state index in [2.05, 4.69) is 10.2 Å². The van der Waals surface area contributed by atoms with Crippen molar-refractivity contribution in [2.24, 2.45) is 0 Å². The summed E-state index contributed by atoms with van der Waals surface area (Å²) in [6, 6.07) is 8.03. The predicted octanol–water partition coefficient (Wildman–Crippen LogP) is 1.73. The van der Waals surface area contributed by atoms with Crippen molar-refractivity contribution in [2.45, 2.75) is 20.4 Å². The van der Waals surface area contributed by atoms with Gasteiger partial charge in [0.1, 0.15) is 0 Å². The van der Waals surface area contributed by atoms with Crippen LogP contribution in [-0.2, 0) is 6.54 Å². The Hall–Kier alpha value is -2.17. The Balaban J connectivity index is 2.09. The second-order valence-corrected chi connectivity index (χ2v) is 4.70. The fourth-order valence-electron chi connectivity index (χ4n) is 2.46. The van der Waals surface area contributed by atoms with Crippen LogP contribution in [0, 0.1) is 6.92 Å². The van der Waals surface area contributed by atoms with Gasteiger partial charge in [-0.25, -0.2) is 0 Å². The molecule has 98 valence electrons. The molecule has 1 aromatic carbocycles. The summed E-state index contributed by atoms with van der Waals surface area (Å²) in [6.45, 7) is 6.21. The van der Waals surface area contributed by atoms with Crippen molar-refractivity contribution in [1.29, 1.82) is 0 Å². The molecule has 1 aromatic heterocycles. The molecule has 0 radical (unpaired) electrons. The zero-order valence-electron chi connectivity index (χ0n) is 11.1. The van der Waals surface area contributed by atoms with E-state index in [1.165, 1.54) is 0 Å². The molecular weight excluding hydrogens is 240 g/mol. The summed E-state index contributed by atoms with van der Waals surface area (Å²) < 4.78 is 1.93. The molecule has 0 saturated carbocycles. The first-order valence-corrected chi connectivity index (χ1v) is 6.51. The van der Waals surface area contributed by atoms with Gasteiger partial charge < -0.3 is 9.47 Å². The quantitative estimate of drug-likeness (QED) is 0.822. The number of hydrogen-bond acceptors (Lipinski definition) is 3. The maximum atomic E-state index is 12.2. The normalized spacial score (nSPS) is 14.6. The Bertz CT molecular complexity index is 632. The highest BCUT2D eigenvalue weighted by atomic mass is 16.2. The smallest absolute Gasteiger partial charge is 0.291 e. The topological polar surface area (TPSA) is 51.0 Å². The summed E-state index contributed by atoms with van der Waals surface area (Å²) in [5, 5.41) is 8.29. The molecule has 5 heteroatoms. The number of benzene rings is 1. The van der Waals surface area contributed by atoms with E-state index in [-0.39, 0.29) is 5.91 Å². The Labute approximate surface area is 111 Å². The first-order valence-electron chi connectivity index (χ1n) is 6.51. The van der Waals surface area contributed by atoms with Crippen molar-refractivity contribution in [3.05, 3.63) is 35.7 Å². The summed E-state index contributed by atoms with van der Waals surface area (Å²) in [6.07, 6.45) is 0. The monoisotopic (exact) mass is 256 g/mol. The number of hydrogen-bond donors (Lipinski definition) is 0. The summed E-state index contributed by atoms with van der Waals surface area (Å²) in [7, 11) is 0. The van der Waals surface area contributed by atoms with Gasteiger partial charge in [0.2, 0.25) is 5.82 Å². The third-order valence-corrected chi connectivity index (χ3v) is 3.59. The van der Waals surface area contributed by atoms with Crippen LogP contribution in [-0.4, -0.2) is 38.7 Å². The fraction of sp³-hybridized carbons (Fsp3) is 0.357. The van der Waals surface area contributed by atoms with Crippen LogP contribution in [0.25, 0.3) is 11.4 Å². The van der Waals surface area contributed by atoms with Gasteiger partial charge in [-0.05, 0) is 19.4 Å². The van der Waals surface area contributed by atoms with Crippen LogP contribution in [0.3, 0.4) is 0 Å². The summed E-state index contributed by atoms with van der Waals surface area (Å²) in [4.78, 5) is 14.0. The van der Waals surface area contributed by atoms with Gasteiger partial charge in [0, 0.05) is 25.2 Å². The maximum absolute atomic E-state index is 12.2. The van der Waals surface area contributed by atoms with E-state index in [9.17, 15) is 4.79 Å². The van der Waals surface area contributed by atoms with E-state index < -0.39 is 0 Å². The fourth-order valence-corrected chi connectivity index (χ4v) is 2.46. The van der Waals surface area contributed by atoms with Crippen molar-refractivity contribution in [3.63, 3.8) is 0 Å². The minimum atomic E-state index is -0.0268. The number of carbonyl (C=O) groups is 1. The molecule has 0 saturated heterocycles. The van der Waals surface area contributed by atoms with Crippen LogP contribution in [0.4, 0.5) is 0 Å². The van der Waals surface area contributed by atoms with Gasteiger partial charge in [-0.3, -0.25) is 4.79 Å². The lowest BCUT2D eigenvalue weighted by Gasteiger charge is -2.26. The predicted molar refractivity (Wildman–Crippen MR) is 71.8 cm³/mol. The molecule has 0 bridgehead atoms. The number of aryl methyl sites for hydroxylation is 1. The van der Waals surface area contributed by atoms with Crippen molar-refractivity contribution in [3.8, 4) is 11.4 Å². The Morgan fingerprint density at radius 1 is 1.16 bits per heavy atom. The molecule has 2 heterocycles. The zero-order valence-corrected chi connectivity index (χ0v) is 11.1. The van der Waals surface area contributed by atoms with Gasteiger partial charge in [-0.2, -0.15) is 0 Å². The molecule has 1 aliphatic rings. The molecule has 19 heavy (non-hydrogen) atoms. The molecule has 0 unspecified atom stereocenters. The van der Waals surface area contributed by atoms with E-state index in [0.29, 0.717) is 12.4 Å². The first-order chi connectivity index (χ1) is 9.22. The molecule has 2 aromatic rings. The molecule has 1 aliphatic heterocycles. The van der Waals surface area contributed by atoms with Gasteiger partial charge in [0.05, 0.1) is 0 Å². The molecule has 0 fully saturated rings. The molecular formula is C14H16N4O. The lowest BCUT2D eigenvalue weighted by molar-refractivity contribution is 0.0707. The minimum absolute atomic E-state index is 0.0268. The Kier molecular flexibility index (Phi) is 2.81. The number of likely N-dealkylation sites (N-methyl/N-ethyl adjacent to an activating group) is 1. The third-order valence-electron chi connectivity index (χ3n) is 3.59. The number of aromatic nitrogens is 3. The largest absolute Gasteiger partial charge is 0.334 e. The summed E-state index contributed by atoms with van der Waals surface area (Å²) in [5.41, 5.74) is 2.18. The Morgan fingerprint density at radius 2 is 1.89 bits per heavy atom. The number of fused-ring (bicyclic) bond motifs is 1. The first kappa shape index (κ1) is 11.9. The van der Waals surface area contributed by atoms with Crippen LogP contribution in [0.5, 0.6) is 0 Å². The lowest BCUT2D eigenvalue weighted by atomic mass is 10.1. The highest BCUT2D eigenvalue weighted by Crippen LogP contribution is 2.24. The molecule has 0 atom stereocenters. The molecule has 0 N–H and O–H groups in total. The molecule has 3 rings (SSSR count). The van der Waals surface area contributed by atoms with Gasteiger partial charge in [0.15, 0.2) is 5.82 Å². The van der Waals surface area contributed by atoms with E-state index in [4.69, 9.17) is 0 Å². The van der Waals surface area contributed by atoms with Gasteiger partial charge in [-0.15, -0.1) is 10.2 Å². The van der Waals surface area contributed by atoms with E-state index in [1.54, 1.807) is 4.90 Å². The minimum Gasteiger partial charge on any atom is -0.334 e. The van der Waals surface area contributed by atoms with E-state index in [0.717, 1.165) is 30.0 Å². The maximum Gasteiger partial charge on any atom is 0.291 e. The average Bonchev–Trinajstić information content (AvgIpc) is 2.84. The highest BCUT2D eigenvalue weighted by Gasteiger charge is 2.28. The van der Waals surface area contributed by atoms with Gasteiger partial charge >= 0.3 is 0 Å². The van der Waals surface area contributed by atoms with E-state index in [1.807, 2.05) is 42.7 Å². The average molecular weight is 256 g/mol. The van der Waals surface area contributed by atoms with Crippen molar-refractivity contribution < 1.29 is 4.79 Å². The number of carbonyl (C=O) groups excluding carboxylic acids is 1. The van der Waals surface area contributed by atoms with Crippen molar-refractivity contribution in [1.82, 2.24) is 19.7 Å². The summed E-state index contributed by atoms with van der Waals surface area (Å²) in [5.74, 6) is 1.21. The summed E-state index contributed by atoms with van der Waals surface area (Å²) >= 11 is 0. The number of nitrogens with zero attached hydrogens (tertiary/aromatic N) is 4. The van der Waals surface area contributed by atoms with Crippen LogP contribution < -0.4 is 0 Å². The highest BCUT2D eigenvalue weighted by molar-refractivity contribution is 5.92. The molecule has 1 amide bonds. The molecule has 0 aliphatic carbocycles. The van der Waals surface area contributed by atoms with Crippen LogP contribution >= 0.6 is 0 Å². The van der Waals surface area contributed by atoms with Crippen LogP contribution in [0.2, 0.25) is 0 Å². The standard InChI is InChI=1S/C14H16N4O/c1-3-17-8-9-18-12(15-16-13(18)14(17)19)11-7-5-4-6-10(11)2/h4-7H,3,8-9H2,1-2H3. The second kappa shape index (κ2) is 4.50. The Morgan fingerprint density at radius 3 is 2.63 bits per heavy atom. The number of rotatable bonds is 2. The SMILES string of the molecule is CCN1CCn2c(nnc2-c2ccccc2C)C1=O. The van der Waals surface area contributed by atoms with Crippen LogP contribution in [0.1, 0.15) is 23.1 Å². The lowest BCUT2D eigenvalue weighted by Crippen LogP contribution is -2.40. The zero-order chi connectivity index (χ0) is 13.4. The van der Waals surface area contributed by atoms with Crippen LogP contribution in [0.15, 0.2) is 24.3 Å². The van der Waals surface area contributed by atoms with Crippen molar-refractivity contribution in [2.75, 3.05) is 13.1 Å². The third kappa shape index (κ3) is 1.82. The molecule has 0 spiro atoms. The van der Waals surface area contributed by atoms with Gasteiger partial charge in [0.25, 0.3) is 5.91 Å². The van der Waals surface area contributed by atoms with Crippen molar-refractivity contribution >= 4 is 5.91 Å². The second-order valence-electron chi connectivity index (χ2n) is 4.70.